The van der Waals surface area contributed by atoms with Gasteiger partial charge in [0.25, 0.3) is 0 Å². The van der Waals surface area contributed by atoms with Gasteiger partial charge >= 0.3 is 5.97 Å². The summed E-state index contributed by atoms with van der Waals surface area (Å²) in [6.45, 7) is 7.34. The third-order valence-electron chi connectivity index (χ3n) is 5.77. The van der Waals surface area contributed by atoms with E-state index in [9.17, 15) is 14.4 Å². The fourth-order valence-corrected chi connectivity index (χ4v) is 4.24. The number of ketones is 1. The molecule has 1 unspecified atom stereocenters. The van der Waals surface area contributed by atoms with E-state index in [1.807, 2.05) is 56.0 Å². The number of carbonyl (C=O) groups excluding carboxylic acids is 3. The summed E-state index contributed by atoms with van der Waals surface area (Å²) in [5.41, 5.74) is 1.38. The molecule has 4 rings (SSSR count). The molecule has 0 N–H and O–H groups in total. The van der Waals surface area contributed by atoms with Crippen LogP contribution in [0.25, 0.3) is 6.08 Å². The van der Waals surface area contributed by atoms with Crippen LogP contribution in [0.2, 0.25) is 0 Å². The molecule has 0 spiro atoms. The number of likely N-dealkylation sites (tertiary alicyclic amines) is 1. The number of amides is 1. The minimum absolute atomic E-state index is 0.130. The highest BCUT2D eigenvalue weighted by atomic mass is 16.6. The Morgan fingerprint density at radius 1 is 1.18 bits per heavy atom. The predicted molar refractivity (Wildman–Crippen MR) is 127 cm³/mol. The van der Waals surface area contributed by atoms with Crippen molar-refractivity contribution in [3.05, 3.63) is 59.5 Å². The van der Waals surface area contributed by atoms with Gasteiger partial charge in [-0.15, -0.1) is 0 Å². The van der Waals surface area contributed by atoms with Crippen LogP contribution in [-0.4, -0.2) is 51.2 Å². The molecule has 0 saturated carbocycles. The van der Waals surface area contributed by atoms with E-state index in [2.05, 4.69) is 9.97 Å². The van der Waals surface area contributed by atoms with E-state index in [4.69, 9.17) is 4.74 Å². The van der Waals surface area contributed by atoms with Crippen molar-refractivity contribution in [2.75, 3.05) is 18.0 Å². The fourth-order valence-electron chi connectivity index (χ4n) is 4.24. The van der Waals surface area contributed by atoms with Crippen LogP contribution < -0.4 is 4.90 Å². The van der Waals surface area contributed by atoms with Crippen molar-refractivity contribution in [1.82, 2.24) is 14.9 Å². The molecule has 0 bridgehead atoms. The van der Waals surface area contributed by atoms with Gasteiger partial charge in [-0.05, 0) is 50.8 Å². The molecule has 1 atom stereocenters. The lowest BCUT2D eigenvalue weighted by Gasteiger charge is -2.21. The monoisotopic (exact) mass is 462 g/mol. The van der Waals surface area contributed by atoms with Gasteiger partial charge in [-0.3, -0.25) is 14.4 Å². The molecule has 2 aliphatic heterocycles. The summed E-state index contributed by atoms with van der Waals surface area (Å²) in [5.74, 6) is 0.114. The fraction of sp³-hybridized carbons (Fsp3) is 0.423. The predicted octanol–water partition coefficient (Wildman–Crippen LogP) is 3.38. The number of esters is 1. The highest BCUT2D eigenvalue weighted by Crippen LogP contribution is 2.27. The highest BCUT2D eigenvalue weighted by molar-refractivity contribution is 6.16. The third-order valence-corrected chi connectivity index (χ3v) is 5.77. The maximum absolute atomic E-state index is 12.5. The van der Waals surface area contributed by atoms with Gasteiger partial charge in [0.1, 0.15) is 5.60 Å². The molecule has 3 heterocycles. The molecule has 8 heteroatoms. The summed E-state index contributed by atoms with van der Waals surface area (Å²) >= 11 is 0. The normalized spacial score (nSPS) is 19.9. The van der Waals surface area contributed by atoms with E-state index in [0.717, 1.165) is 18.5 Å². The van der Waals surface area contributed by atoms with Crippen molar-refractivity contribution >= 4 is 29.7 Å². The average Bonchev–Trinajstić information content (AvgIpc) is 3.33. The van der Waals surface area contributed by atoms with Crippen LogP contribution in [-0.2, 0) is 25.7 Å². The first kappa shape index (κ1) is 23.6. The number of nitrogens with zero attached hydrogens (tertiary/aromatic N) is 4. The standard InChI is InChI=1S/C26H30N4O4/c1-26(2,3)34-24(33)13-19-10-12-29(16-19)25-27-11-9-20(28-25)14-21-22(31)15-23(32)30(21)17-18-7-5-4-6-8-18/h4-9,11,14,19H,10,12-13,15-17H2,1-3H3/b21-14-. The summed E-state index contributed by atoms with van der Waals surface area (Å²) in [4.78, 5) is 49.8. The molecular formula is C26H30N4O4. The lowest BCUT2D eigenvalue weighted by atomic mass is 10.1. The SMILES string of the molecule is CC(C)(C)OC(=O)CC1CCN(c2nccc(/C=C3/C(=O)CC(=O)N3Cc3ccccc3)n2)C1. The number of anilines is 1. The second kappa shape index (κ2) is 9.75. The Labute approximate surface area is 199 Å². The number of carbonyl (C=O) groups is 3. The number of Topliss-reactive ketones (excluding diaryl/α,β-unsaturated/α-hetero) is 1. The topological polar surface area (TPSA) is 92.7 Å². The first-order valence-electron chi connectivity index (χ1n) is 11.6. The van der Waals surface area contributed by atoms with Crippen LogP contribution in [0, 0.1) is 5.92 Å². The molecule has 34 heavy (non-hydrogen) atoms. The van der Waals surface area contributed by atoms with Crippen molar-refractivity contribution < 1.29 is 19.1 Å². The molecule has 1 aromatic carbocycles. The van der Waals surface area contributed by atoms with Crippen molar-refractivity contribution in [2.24, 2.45) is 5.92 Å². The molecule has 2 fully saturated rings. The number of hydrogen-bond donors (Lipinski definition) is 0. The molecule has 0 radical (unpaired) electrons. The molecule has 178 valence electrons. The Hall–Kier alpha value is -3.55. The summed E-state index contributed by atoms with van der Waals surface area (Å²) < 4.78 is 5.44. The van der Waals surface area contributed by atoms with Gasteiger partial charge in [-0.1, -0.05) is 30.3 Å². The zero-order valence-corrected chi connectivity index (χ0v) is 19.9. The van der Waals surface area contributed by atoms with Crippen molar-refractivity contribution in [1.29, 1.82) is 0 Å². The van der Waals surface area contributed by atoms with Crippen LogP contribution in [0.15, 0.2) is 48.3 Å². The van der Waals surface area contributed by atoms with E-state index >= 15 is 0 Å². The van der Waals surface area contributed by atoms with Gasteiger partial charge in [-0.25, -0.2) is 9.97 Å². The van der Waals surface area contributed by atoms with Crippen LogP contribution in [0.3, 0.4) is 0 Å². The lowest BCUT2D eigenvalue weighted by Crippen LogP contribution is -2.27. The van der Waals surface area contributed by atoms with E-state index in [0.29, 0.717) is 36.8 Å². The smallest absolute Gasteiger partial charge is 0.306 e. The minimum Gasteiger partial charge on any atom is -0.460 e. The van der Waals surface area contributed by atoms with Crippen LogP contribution >= 0.6 is 0 Å². The number of benzene rings is 1. The van der Waals surface area contributed by atoms with E-state index in [-0.39, 0.29) is 30.0 Å². The maximum Gasteiger partial charge on any atom is 0.306 e. The third kappa shape index (κ3) is 5.87. The molecular weight excluding hydrogens is 432 g/mol. The molecule has 1 aromatic heterocycles. The Kier molecular flexibility index (Phi) is 6.77. The van der Waals surface area contributed by atoms with E-state index in [1.54, 1.807) is 18.3 Å². The van der Waals surface area contributed by atoms with Gasteiger partial charge in [0, 0.05) is 19.3 Å². The first-order chi connectivity index (χ1) is 16.2. The molecule has 2 saturated heterocycles. The summed E-state index contributed by atoms with van der Waals surface area (Å²) in [6.07, 6.45) is 4.40. The summed E-state index contributed by atoms with van der Waals surface area (Å²) in [5, 5.41) is 0. The molecule has 2 aliphatic rings. The summed E-state index contributed by atoms with van der Waals surface area (Å²) in [6, 6.07) is 11.3. The number of allylic oxidation sites excluding steroid dienone is 1. The van der Waals surface area contributed by atoms with Crippen molar-refractivity contribution in [3.63, 3.8) is 0 Å². The zero-order chi connectivity index (χ0) is 24.3. The molecule has 1 amide bonds. The minimum atomic E-state index is -0.492. The van der Waals surface area contributed by atoms with Gasteiger partial charge < -0.3 is 14.5 Å². The van der Waals surface area contributed by atoms with Crippen LogP contribution in [0.4, 0.5) is 5.95 Å². The molecule has 0 aliphatic carbocycles. The quantitative estimate of drug-likeness (QED) is 0.369. The van der Waals surface area contributed by atoms with Gasteiger partial charge in [-0.2, -0.15) is 0 Å². The average molecular weight is 463 g/mol. The molecule has 2 aromatic rings. The zero-order valence-electron chi connectivity index (χ0n) is 19.9. The van der Waals surface area contributed by atoms with Crippen molar-refractivity contribution in [3.8, 4) is 0 Å². The number of rotatable bonds is 6. The Morgan fingerprint density at radius 2 is 1.94 bits per heavy atom. The maximum atomic E-state index is 12.5. The lowest BCUT2D eigenvalue weighted by molar-refractivity contribution is -0.155. The van der Waals surface area contributed by atoms with Gasteiger partial charge in [0.2, 0.25) is 11.9 Å². The van der Waals surface area contributed by atoms with E-state index < -0.39 is 5.60 Å². The second-order valence-electron chi connectivity index (χ2n) is 9.77. The number of hydrogen-bond acceptors (Lipinski definition) is 7. The molecule has 8 nitrogen and oxygen atoms in total. The van der Waals surface area contributed by atoms with Crippen LogP contribution in [0.1, 0.15) is 51.3 Å². The Balaban J connectivity index is 1.46. The number of aromatic nitrogens is 2. The number of ether oxygens (including phenoxy) is 1. The van der Waals surface area contributed by atoms with Crippen LogP contribution in [0.5, 0.6) is 0 Å². The highest BCUT2D eigenvalue weighted by Gasteiger charge is 2.33. The van der Waals surface area contributed by atoms with Gasteiger partial charge in [0.05, 0.1) is 30.8 Å². The Morgan fingerprint density at radius 3 is 2.68 bits per heavy atom. The summed E-state index contributed by atoms with van der Waals surface area (Å²) in [7, 11) is 0. The van der Waals surface area contributed by atoms with E-state index in [1.165, 1.54) is 4.90 Å². The largest absolute Gasteiger partial charge is 0.460 e. The van der Waals surface area contributed by atoms with Gasteiger partial charge in [0.15, 0.2) is 5.78 Å². The second-order valence-corrected chi connectivity index (χ2v) is 9.77. The Bertz CT molecular complexity index is 1110. The first-order valence-corrected chi connectivity index (χ1v) is 11.6. The van der Waals surface area contributed by atoms with Crippen molar-refractivity contribution in [2.45, 2.75) is 52.2 Å².